The number of rotatable bonds is 11. The van der Waals surface area contributed by atoms with Gasteiger partial charge in [-0.15, -0.1) is 0 Å². The van der Waals surface area contributed by atoms with Crippen molar-refractivity contribution in [3.63, 3.8) is 0 Å². The number of amides is 1. The van der Waals surface area contributed by atoms with Gasteiger partial charge in [-0.2, -0.15) is 4.31 Å². The van der Waals surface area contributed by atoms with Gasteiger partial charge in [-0.1, -0.05) is 35.4 Å². The number of halogens is 1. The van der Waals surface area contributed by atoms with Crippen LogP contribution in [0.3, 0.4) is 0 Å². The van der Waals surface area contributed by atoms with E-state index < -0.39 is 32.5 Å². The summed E-state index contributed by atoms with van der Waals surface area (Å²) in [5.41, 5.74) is 1.73. The van der Waals surface area contributed by atoms with Crippen molar-refractivity contribution < 1.29 is 31.1 Å². The van der Waals surface area contributed by atoms with Gasteiger partial charge in [0.2, 0.25) is 15.9 Å². The zero-order chi connectivity index (χ0) is 29.6. The lowest BCUT2D eigenvalue weighted by Crippen LogP contribution is -2.42. The van der Waals surface area contributed by atoms with Crippen molar-refractivity contribution in [1.82, 2.24) is 9.62 Å². The van der Waals surface area contributed by atoms with E-state index in [-0.39, 0.29) is 22.9 Å². The topological polar surface area (TPSA) is 122 Å². The van der Waals surface area contributed by atoms with Crippen LogP contribution in [0.15, 0.2) is 76.5 Å². The van der Waals surface area contributed by atoms with Gasteiger partial charge in [-0.25, -0.2) is 16.8 Å². The highest BCUT2D eigenvalue weighted by atomic mass is 35.5. The highest BCUT2D eigenvalue weighted by Crippen LogP contribution is 2.31. The van der Waals surface area contributed by atoms with Crippen molar-refractivity contribution in [2.45, 2.75) is 23.6 Å². The molecular formula is C28H32ClN3O7S2. The molecule has 4 rings (SSSR count). The molecule has 0 atom stereocenters. The summed E-state index contributed by atoms with van der Waals surface area (Å²) in [6, 6.07) is 17.3. The minimum absolute atomic E-state index is 0.0534. The molecule has 41 heavy (non-hydrogen) atoms. The standard InChI is InChI=1S/C28H32ClN3O7S2/c1-21-6-10-25(11-7-21)41(36,37)32(27-5-3-4-26(29)22(27)2)20-28(33)30-14-17-39-23-8-12-24(13-9-23)40(34,35)31-15-18-38-19-16-31/h3-13H,14-20H2,1-2H3,(H,30,33). The van der Waals surface area contributed by atoms with Crippen molar-refractivity contribution in [2.75, 3.05) is 50.3 Å². The zero-order valence-electron chi connectivity index (χ0n) is 22.7. The molecule has 0 bridgehead atoms. The Labute approximate surface area is 245 Å². The van der Waals surface area contributed by atoms with Gasteiger partial charge >= 0.3 is 0 Å². The third kappa shape index (κ3) is 7.38. The van der Waals surface area contributed by atoms with E-state index in [9.17, 15) is 21.6 Å². The van der Waals surface area contributed by atoms with Crippen LogP contribution in [0.5, 0.6) is 5.75 Å². The number of nitrogens with one attached hydrogen (secondary N) is 1. The Morgan fingerprint density at radius 3 is 2.24 bits per heavy atom. The van der Waals surface area contributed by atoms with Crippen LogP contribution in [0, 0.1) is 13.8 Å². The molecule has 0 aromatic heterocycles. The van der Waals surface area contributed by atoms with Gasteiger partial charge in [0.15, 0.2) is 0 Å². The number of ether oxygens (including phenoxy) is 2. The number of sulfonamides is 2. The Bertz CT molecular complexity index is 1570. The average molecular weight is 622 g/mol. The van der Waals surface area contributed by atoms with E-state index in [0.29, 0.717) is 48.3 Å². The minimum Gasteiger partial charge on any atom is -0.492 e. The first-order chi connectivity index (χ1) is 19.5. The molecule has 1 N–H and O–H groups in total. The average Bonchev–Trinajstić information content (AvgIpc) is 2.96. The number of carbonyl (C=O) groups is 1. The lowest BCUT2D eigenvalue weighted by molar-refractivity contribution is -0.119. The van der Waals surface area contributed by atoms with Crippen LogP contribution in [-0.4, -0.2) is 73.0 Å². The first-order valence-corrected chi connectivity index (χ1v) is 16.2. The summed E-state index contributed by atoms with van der Waals surface area (Å²) in [6.45, 7) is 4.60. The van der Waals surface area contributed by atoms with Gasteiger partial charge < -0.3 is 14.8 Å². The molecule has 3 aromatic rings. The molecule has 220 valence electrons. The van der Waals surface area contributed by atoms with Gasteiger partial charge in [0, 0.05) is 18.1 Å². The Balaban J connectivity index is 1.38. The number of anilines is 1. The number of nitrogens with zero attached hydrogens (tertiary/aromatic N) is 2. The van der Waals surface area contributed by atoms with Crippen LogP contribution in [0.2, 0.25) is 5.02 Å². The van der Waals surface area contributed by atoms with Crippen LogP contribution >= 0.6 is 11.6 Å². The second-order valence-electron chi connectivity index (χ2n) is 9.39. The van der Waals surface area contributed by atoms with Crippen molar-refractivity contribution in [3.05, 3.63) is 82.9 Å². The molecule has 0 aliphatic carbocycles. The first kappa shape index (κ1) is 30.8. The number of morpholine rings is 1. The summed E-state index contributed by atoms with van der Waals surface area (Å²) in [4.78, 5) is 13.1. The Morgan fingerprint density at radius 1 is 0.951 bits per heavy atom. The number of carbonyl (C=O) groups excluding carboxylic acids is 1. The summed E-state index contributed by atoms with van der Waals surface area (Å²) in [7, 11) is -7.69. The van der Waals surface area contributed by atoms with Gasteiger partial charge in [0.1, 0.15) is 18.9 Å². The fourth-order valence-corrected chi connectivity index (χ4v) is 7.25. The molecule has 0 spiro atoms. The highest BCUT2D eigenvalue weighted by Gasteiger charge is 2.29. The monoisotopic (exact) mass is 621 g/mol. The Hall–Kier alpha value is -3.16. The molecule has 1 saturated heterocycles. The molecular weight excluding hydrogens is 590 g/mol. The Morgan fingerprint density at radius 2 is 1.59 bits per heavy atom. The molecule has 1 heterocycles. The molecule has 1 aliphatic heterocycles. The van der Waals surface area contributed by atoms with Crippen molar-refractivity contribution in [2.24, 2.45) is 0 Å². The third-order valence-corrected chi connectivity index (χ3v) is 10.6. The molecule has 1 amide bonds. The SMILES string of the molecule is Cc1ccc(S(=O)(=O)N(CC(=O)NCCOc2ccc(S(=O)(=O)N3CCOCC3)cc2)c2cccc(Cl)c2C)cc1. The molecule has 10 nitrogen and oxygen atoms in total. The molecule has 0 radical (unpaired) electrons. The van der Waals surface area contributed by atoms with E-state index >= 15 is 0 Å². The van der Waals surface area contributed by atoms with E-state index in [1.54, 1.807) is 49.4 Å². The molecule has 13 heteroatoms. The Kier molecular flexibility index (Phi) is 9.92. The van der Waals surface area contributed by atoms with Crippen LogP contribution in [0.1, 0.15) is 11.1 Å². The van der Waals surface area contributed by atoms with Crippen molar-refractivity contribution >= 4 is 43.2 Å². The van der Waals surface area contributed by atoms with E-state index in [1.165, 1.54) is 28.6 Å². The normalized spacial score (nSPS) is 14.4. The van der Waals surface area contributed by atoms with Gasteiger partial charge in [-0.3, -0.25) is 9.10 Å². The van der Waals surface area contributed by atoms with Crippen molar-refractivity contribution in [3.8, 4) is 5.75 Å². The fraction of sp³-hybridized carbons (Fsp3) is 0.321. The second kappa shape index (κ2) is 13.2. The number of hydrogen-bond donors (Lipinski definition) is 1. The van der Waals surface area contributed by atoms with E-state index in [1.807, 2.05) is 6.92 Å². The summed E-state index contributed by atoms with van der Waals surface area (Å²) >= 11 is 6.27. The molecule has 1 fully saturated rings. The summed E-state index contributed by atoms with van der Waals surface area (Å²) in [6.07, 6.45) is 0. The van der Waals surface area contributed by atoms with Crippen molar-refractivity contribution in [1.29, 1.82) is 0 Å². The van der Waals surface area contributed by atoms with Gasteiger partial charge in [-0.05, 0) is 67.9 Å². The minimum atomic E-state index is -4.08. The lowest BCUT2D eigenvalue weighted by atomic mass is 10.2. The maximum absolute atomic E-state index is 13.6. The molecule has 0 saturated carbocycles. The maximum atomic E-state index is 13.6. The lowest BCUT2D eigenvalue weighted by Gasteiger charge is -2.26. The van der Waals surface area contributed by atoms with Gasteiger partial charge in [0.25, 0.3) is 10.0 Å². The second-order valence-corrected chi connectivity index (χ2v) is 13.6. The summed E-state index contributed by atoms with van der Waals surface area (Å²) in [5, 5.41) is 3.06. The number of hydrogen-bond acceptors (Lipinski definition) is 7. The highest BCUT2D eigenvalue weighted by molar-refractivity contribution is 7.92. The van der Waals surface area contributed by atoms with E-state index in [4.69, 9.17) is 21.1 Å². The zero-order valence-corrected chi connectivity index (χ0v) is 25.1. The fourth-order valence-electron chi connectivity index (χ4n) is 4.19. The number of aryl methyl sites for hydroxylation is 1. The predicted molar refractivity (Wildman–Crippen MR) is 156 cm³/mol. The number of benzene rings is 3. The van der Waals surface area contributed by atoms with Crippen LogP contribution in [0.25, 0.3) is 0 Å². The summed E-state index contributed by atoms with van der Waals surface area (Å²) < 4.78 is 66.0. The molecule has 3 aromatic carbocycles. The van der Waals surface area contributed by atoms with Gasteiger partial charge in [0.05, 0.1) is 35.2 Å². The maximum Gasteiger partial charge on any atom is 0.264 e. The van der Waals surface area contributed by atoms with Crippen LogP contribution < -0.4 is 14.4 Å². The molecule has 0 unspecified atom stereocenters. The first-order valence-electron chi connectivity index (χ1n) is 12.9. The van der Waals surface area contributed by atoms with Crippen LogP contribution in [-0.2, 0) is 29.6 Å². The molecule has 1 aliphatic rings. The predicted octanol–water partition coefficient (Wildman–Crippen LogP) is 3.37. The van der Waals surface area contributed by atoms with Crippen LogP contribution in [0.4, 0.5) is 5.69 Å². The largest absolute Gasteiger partial charge is 0.492 e. The van der Waals surface area contributed by atoms with E-state index in [2.05, 4.69) is 5.32 Å². The third-order valence-electron chi connectivity index (χ3n) is 6.53. The quantitative estimate of drug-likeness (QED) is 0.326. The smallest absolute Gasteiger partial charge is 0.264 e. The summed E-state index contributed by atoms with van der Waals surface area (Å²) in [5.74, 6) is -0.103. The van der Waals surface area contributed by atoms with E-state index in [0.717, 1.165) is 9.87 Å².